The summed E-state index contributed by atoms with van der Waals surface area (Å²) >= 11 is 2.11. The molecule has 0 atom stereocenters. The number of benzene rings is 2. The van der Waals surface area contributed by atoms with Crippen LogP contribution in [-0.4, -0.2) is 32.2 Å². The number of halogens is 1. The Hall–Kier alpha value is -2.29. The SMILES string of the molecule is CCOc1cc(C(=O)OCC(=O)Nc2ccccc2I)ccc1OC. The maximum absolute atomic E-state index is 12.1. The molecular weight excluding hydrogens is 437 g/mol. The van der Waals surface area contributed by atoms with Crippen LogP contribution in [0, 0.1) is 3.57 Å². The first-order chi connectivity index (χ1) is 12.0. The summed E-state index contributed by atoms with van der Waals surface area (Å²) in [5.41, 5.74) is 0.957. The van der Waals surface area contributed by atoms with E-state index in [0.29, 0.717) is 23.8 Å². The Morgan fingerprint density at radius 2 is 1.88 bits per heavy atom. The van der Waals surface area contributed by atoms with Crippen LogP contribution in [-0.2, 0) is 9.53 Å². The maximum Gasteiger partial charge on any atom is 0.338 e. The third kappa shape index (κ3) is 5.35. The number of ether oxygens (including phenoxy) is 3. The fourth-order valence-corrected chi connectivity index (χ4v) is 2.56. The first kappa shape index (κ1) is 19.0. The number of amides is 1. The Labute approximate surface area is 159 Å². The molecule has 1 N–H and O–H groups in total. The molecule has 0 fully saturated rings. The molecule has 0 heterocycles. The fraction of sp³-hybridized carbons (Fsp3) is 0.222. The summed E-state index contributed by atoms with van der Waals surface area (Å²) in [5.74, 6) is -0.0462. The van der Waals surface area contributed by atoms with Gasteiger partial charge < -0.3 is 19.5 Å². The minimum atomic E-state index is -0.610. The lowest BCUT2D eigenvalue weighted by Crippen LogP contribution is -2.21. The third-order valence-corrected chi connectivity index (χ3v) is 4.12. The predicted octanol–water partition coefficient (Wildman–Crippen LogP) is 3.49. The van der Waals surface area contributed by atoms with Gasteiger partial charge in [-0.1, -0.05) is 12.1 Å². The molecule has 7 heteroatoms. The van der Waals surface area contributed by atoms with E-state index in [1.807, 2.05) is 25.1 Å². The van der Waals surface area contributed by atoms with Gasteiger partial charge in [-0.3, -0.25) is 4.79 Å². The highest BCUT2D eigenvalue weighted by molar-refractivity contribution is 14.1. The summed E-state index contributed by atoms with van der Waals surface area (Å²) in [6.45, 7) is 1.90. The largest absolute Gasteiger partial charge is 0.493 e. The molecule has 0 aliphatic heterocycles. The minimum Gasteiger partial charge on any atom is -0.493 e. The van der Waals surface area contributed by atoms with Crippen molar-refractivity contribution in [2.45, 2.75) is 6.92 Å². The van der Waals surface area contributed by atoms with E-state index in [1.54, 1.807) is 18.2 Å². The number of carbonyl (C=O) groups excluding carboxylic acids is 2. The summed E-state index contributed by atoms with van der Waals surface area (Å²) in [6, 6.07) is 12.0. The summed E-state index contributed by atoms with van der Waals surface area (Å²) in [5, 5.41) is 2.70. The third-order valence-electron chi connectivity index (χ3n) is 3.18. The highest BCUT2D eigenvalue weighted by Crippen LogP contribution is 2.28. The Bertz CT molecular complexity index is 763. The monoisotopic (exact) mass is 455 g/mol. The van der Waals surface area contributed by atoms with Crippen LogP contribution in [0.15, 0.2) is 42.5 Å². The number of nitrogens with one attached hydrogen (secondary N) is 1. The van der Waals surface area contributed by atoms with E-state index in [1.165, 1.54) is 13.2 Å². The van der Waals surface area contributed by atoms with Crippen molar-refractivity contribution in [1.29, 1.82) is 0 Å². The molecule has 0 saturated heterocycles. The average Bonchev–Trinajstić information content (AvgIpc) is 2.62. The normalized spacial score (nSPS) is 10.0. The van der Waals surface area contributed by atoms with E-state index in [9.17, 15) is 9.59 Å². The second-order valence-corrected chi connectivity index (χ2v) is 6.06. The number of rotatable bonds is 7. The molecule has 6 nitrogen and oxygen atoms in total. The number of anilines is 1. The van der Waals surface area contributed by atoms with Gasteiger partial charge in [-0.05, 0) is 59.8 Å². The van der Waals surface area contributed by atoms with Gasteiger partial charge in [-0.15, -0.1) is 0 Å². The zero-order valence-corrected chi connectivity index (χ0v) is 16.0. The van der Waals surface area contributed by atoms with E-state index < -0.39 is 11.9 Å². The zero-order chi connectivity index (χ0) is 18.2. The molecule has 0 aliphatic rings. The number of hydrogen-bond donors (Lipinski definition) is 1. The minimum absolute atomic E-state index is 0.284. The van der Waals surface area contributed by atoms with Crippen LogP contribution in [0.4, 0.5) is 5.69 Å². The molecule has 0 aromatic heterocycles. The topological polar surface area (TPSA) is 73.9 Å². The number of para-hydroxylation sites is 1. The van der Waals surface area contributed by atoms with E-state index >= 15 is 0 Å². The molecule has 0 aliphatic carbocycles. The van der Waals surface area contributed by atoms with E-state index in [2.05, 4.69) is 27.9 Å². The highest BCUT2D eigenvalue weighted by atomic mass is 127. The van der Waals surface area contributed by atoms with Crippen molar-refractivity contribution in [1.82, 2.24) is 0 Å². The predicted molar refractivity (Wildman–Crippen MR) is 102 cm³/mol. The quantitative estimate of drug-likeness (QED) is 0.511. The van der Waals surface area contributed by atoms with Crippen molar-refractivity contribution in [3.63, 3.8) is 0 Å². The van der Waals surface area contributed by atoms with Gasteiger partial charge in [0.2, 0.25) is 0 Å². The van der Waals surface area contributed by atoms with Gasteiger partial charge >= 0.3 is 5.97 Å². The number of hydrogen-bond acceptors (Lipinski definition) is 5. The standard InChI is InChI=1S/C18H18INO5/c1-3-24-16-10-12(8-9-15(16)23-2)18(22)25-11-17(21)20-14-7-5-4-6-13(14)19/h4-10H,3,11H2,1-2H3,(H,20,21). The Morgan fingerprint density at radius 1 is 1.12 bits per heavy atom. The summed E-state index contributed by atoms with van der Waals surface area (Å²) in [7, 11) is 1.52. The van der Waals surface area contributed by atoms with Gasteiger partial charge in [0.1, 0.15) is 0 Å². The average molecular weight is 455 g/mol. The summed E-state index contributed by atoms with van der Waals surface area (Å²) in [4.78, 5) is 24.1. The molecule has 0 radical (unpaired) electrons. The second-order valence-electron chi connectivity index (χ2n) is 4.90. The molecule has 0 bridgehead atoms. The number of methoxy groups -OCH3 is 1. The zero-order valence-electron chi connectivity index (χ0n) is 13.9. The molecule has 0 saturated carbocycles. The van der Waals surface area contributed by atoms with Crippen LogP contribution in [0.2, 0.25) is 0 Å². The first-order valence-electron chi connectivity index (χ1n) is 7.57. The van der Waals surface area contributed by atoms with Crippen molar-refractivity contribution in [3.05, 3.63) is 51.6 Å². The van der Waals surface area contributed by atoms with Crippen LogP contribution in [0.5, 0.6) is 11.5 Å². The molecule has 2 aromatic carbocycles. The van der Waals surface area contributed by atoms with Crippen molar-refractivity contribution >= 4 is 40.2 Å². The van der Waals surface area contributed by atoms with Crippen LogP contribution in [0.3, 0.4) is 0 Å². The highest BCUT2D eigenvalue weighted by Gasteiger charge is 2.14. The Balaban J connectivity index is 1.96. The van der Waals surface area contributed by atoms with E-state index in [4.69, 9.17) is 14.2 Å². The van der Waals surface area contributed by atoms with Gasteiger partial charge in [0.15, 0.2) is 18.1 Å². The molecule has 0 spiro atoms. The molecule has 132 valence electrons. The number of carbonyl (C=O) groups is 2. The van der Waals surface area contributed by atoms with Gasteiger partial charge in [-0.25, -0.2) is 4.79 Å². The summed E-state index contributed by atoms with van der Waals surface area (Å²) < 4.78 is 16.5. The maximum atomic E-state index is 12.1. The lowest BCUT2D eigenvalue weighted by atomic mass is 10.2. The fourth-order valence-electron chi connectivity index (χ4n) is 2.04. The van der Waals surface area contributed by atoms with E-state index in [-0.39, 0.29) is 12.2 Å². The van der Waals surface area contributed by atoms with E-state index in [0.717, 1.165) is 3.57 Å². The second kappa shape index (κ2) is 9.26. The first-order valence-corrected chi connectivity index (χ1v) is 8.65. The van der Waals surface area contributed by atoms with Crippen molar-refractivity contribution in [2.24, 2.45) is 0 Å². The van der Waals surface area contributed by atoms with Crippen molar-refractivity contribution < 1.29 is 23.8 Å². The van der Waals surface area contributed by atoms with Crippen molar-refractivity contribution in [3.8, 4) is 11.5 Å². The van der Waals surface area contributed by atoms with Gasteiger partial charge in [0, 0.05) is 3.57 Å². The van der Waals surface area contributed by atoms with Gasteiger partial charge in [-0.2, -0.15) is 0 Å². The van der Waals surface area contributed by atoms with Crippen LogP contribution in [0.1, 0.15) is 17.3 Å². The molecular formula is C18H18INO5. The molecule has 25 heavy (non-hydrogen) atoms. The molecule has 1 amide bonds. The molecule has 2 aromatic rings. The van der Waals surface area contributed by atoms with Crippen LogP contribution >= 0.6 is 22.6 Å². The van der Waals surface area contributed by atoms with Gasteiger partial charge in [0.25, 0.3) is 5.91 Å². The lowest BCUT2D eigenvalue weighted by molar-refractivity contribution is -0.119. The number of esters is 1. The smallest absolute Gasteiger partial charge is 0.338 e. The van der Waals surface area contributed by atoms with Crippen LogP contribution in [0.25, 0.3) is 0 Å². The lowest BCUT2D eigenvalue weighted by Gasteiger charge is -2.11. The van der Waals surface area contributed by atoms with Gasteiger partial charge in [0.05, 0.1) is 25.0 Å². The Kier molecular flexibility index (Phi) is 7.05. The van der Waals surface area contributed by atoms with Crippen molar-refractivity contribution in [2.75, 3.05) is 25.6 Å². The molecule has 2 rings (SSSR count). The Morgan fingerprint density at radius 3 is 2.56 bits per heavy atom. The summed E-state index contributed by atoms with van der Waals surface area (Å²) in [6.07, 6.45) is 0. The molecule has 0 unspecified atom stereocenters. The van der Waals surface area contributed by atoms with Crippen LogP contribution < -0.4 is 14.8 Å².